The van der Waals surface area contributed by atoms with Crippen molar-refractivity contribution in [1.29, 1.82) is 0 Å². The number of para-hydroxylation sites is 1. The maximum Gasteiger partial charge on any atom is 0.307 e. The summed E-state index contributed by atoms with van der Waals surface area (Å²) < 4.78 is 9.71. The summed E-state index contributed by atoms with van der Waals surface area (Å²) in [5, 5.41) is 0. The van der Waals surface area contributed by atoms with E-state index in [1.807, 2.05) is 24.3 Å². The summed E-state index contributed by atoms with van der Waals surface area (Å²) in [5.74, 6) is 0.363. The second-order valence-corrected chi connectivity index (χ2v) is 3.13. The molecule has 1 aromatic rings. The Kier molecular flexibility index (Phi) is 6.53. The molecule has 1 atom stereocenters. The standard InChI is InChI=1S/C11H15NO3.ClH/c1-14-10-6-4-3-5-8(10)9(12)7-11(13)15-2;/h3-6,9H,7,12H2,1-2H3;1H/t9-;/m0./s1. The largest absolute Gasteiger partial charge is 0.496 e. The Morgan fingerprint density at radius 1 is 1.38 bits per heavy atom. The van der Waals surface area contributed by atoms with E-state index in [-0.39, 0.29) is 24.8 Å². The molecule has 1 rings (SSSR count). The SMILES string of the molecule is COC(=O)C[C@H](N)c1ccccc1OC.Cl. The molecule has 0 radical (unpaired) electrons. The van der Waals surface area contributed by atoms with Gasteiger partial charge in [-0.2, -0.15) is 0 Å². The van der Waals surface area contributed by atoms with Gasteiger partial charge < -0.3 is 15.2 Å². The highest BCUT2D eigenvalue weighted by molar-refractivity contribution is 5.85. The number of nitrogens with two attached hydrogens (primary N) is 1. The molecule has 0 aromatic heterocycles. The molecule has 0 saturated carbocycles. The van der Waals surface area contributed by atoms with Gasteiger partial charge in [-0.15, -0.1) is 12.4 Å². The smallest absolute Gasteiger partial charge is 0.307 e. The first-order chi connectivity index (χ1) is 7.19. The molecule has 1 aromatic carbocycles. The average Bonchev–Trinajstić information content (AvgIpc) is 2.28. The number of benzene rings is 1. The zero-order valence-electron chi connectivity index (χ0n) is 9.30. The minimum absolute atomic E-state index is 0. The first-order valence-electron chi connectivity index (χ1n) is 4.64. The van der Waals surface area contributed by atoms with Crippen LogP contribution >= 0.6 is 12.4 Å². The molecule has 0 bridgehead atoms. The fraction of sp³-hybridized carbons (Fsp3) is 0.364. The van der Waals surface area contributed by atoms with E-state index in [1.54, 1.807) is 7.11 Å². The van der Waals surface area contributed by atoms with Crippen molar-refractivity contribution in [2.75, 3.05) is 14.2 Å². The molecular formula is C11H16ClNO3. The van der Waals surface area contributed by atoms with Crippen molar-refractivity contribution in [3.8, 4) is 5.75 Å². The first-order valence-corrected chi connectivity index (χ1v) is 4.64. The van der Waals surface area contributed by atoms with Crippen LogP contribution in [0.15, 0.2) is 24.3 Å². The number of methoxy groups -OCH3 is 2. The van der Waals surface area contributed by atoms with Gasteiger partial charge in [-0.3, -0.25) is 4.79 Å². The topological polar surface area (TPSA) is 61.5 Å². The van der Waals surface area contributed by atoms with Gasteiger partial charge in [0, 0.05) is 11.6 Å². The molecule has 2 N–H and O–H groups in total. The van der Waals surface area contributed by atoms with E-state index in [2.05, 4.69) is 4.74 Å². The maximum atomic E-state index is 11.1. The van der Waals surface area contributed by atoms with Gasteiger partial charge in [-0.05, 0) is 6.07 Å². The van der Waals surface area contributed by atoms with Crippen LogP contribution in [0.3, 0.4) is 0 Å². The van der Waals surface area contributed by atoms with Crippen LogP contribution in [0.5, 0.6) is 5.75 Å². The highest BCUT2D eigenvalue weighted by Gasteiger charge is 2.15. The van der Waals surface area contributed by atoms with Crippen LogP contribution in [0.1, 0.15) is 18.0 Å². The van der Waals surface area contributed by atoms with E-state index in [0.29, 0.717) is 5.75 Å². The summed E-state index contributed by atoms with van der Waals surface area (Å²) in [6.07, 6.45) is 0.150. The van der Waals surface area contributed by atoms with Crippen molar-refractivity contribution in [1.82, 2.24) is 0 Å². The lowest BCUT2D eigenvalue weighted by Gasteiger charge is -2.14. The fourth-order valence-corrected chi connectivity index (χ4v) is 1.35. The second kappa shape index (κ2) is 7.09. The first kappa shape index (κ1) is 14.7. The molecule has 4 nitrogen and oxygen atoms in total. The molecular weight excluding hydrogens is 230 g/mol. The van der Waals surface area contributed by atoms with Crippen molar-refractivity contribution in [3.63, 3.8) is 0 Å². The van der Waals surface area contributed by atoms with Crippen LogP contribution < -0.4 is 10.5 Å². The number of rotatable bonds is 4. The molecule has 16 heavy (non-hydrogen) atoms. The number of carbonyl (C=O) groups excluding carboxylic acids is 1. The van der Waals surface area contributed by atoms with Crippen LogP contribution in [0, 0.1) is 0 Å². The van der Waals surface area contributed by atoms with E-state index in [9.17, 15) is 4.79 Å². The monoisotopic (exact) mass is 245 g/mol. The van der Waals surface area contributed by atoms with Crippen LogP contribution in [-0.4, -0.2) is 20.2 Å². The summed E-state index contributed by atoms with van der Waals surface area (Å²) in [6.45, 7) is 0. The number of esters is 1. The van der Waals surface area contributed by atoms with Gasteiger partial charge in [0.05, 0.1) is 20.6 Å². The van der Waals surface area contributed by atoms with Gasteiger partial charge in [-0.25, -0.2) is 0 Å². The van der Waals surface area contributed by atoms with Crippen molar-refractivity contribution < 1.29 is 14.3 Å². The fourth-order valence-electron chi connectivity index (χ4n) is 1.35. The summed E-state index contributed by atoms with van der Waals surface area (Å²) in [7, 11) is 2.92. The van der Waals surface area contributed by atoms with Crippen LogP contribution in [0.2, 0.25) is 0 Å². The van der Waals surface area contributed by atoms with E-state index < -0.39 is 6.04 Å². The molecule has 0 unspecified atom stereocenters. The lowest BCUT2D eigenvalue weighted by atomic mass is 10.0. The number of hydrogen-bond donors (Lipinski definition) is 1. The highest BCUT2D eigenvalue weighted by atomic mass is 35.5. The minimum atomic E-state index is -0.395. The van der Waals surface area contributed by atoms with E-state index in [0.717, 1.165) is 5.56 Å². The van der Waals surface area contributed by atoms with E-state index in [1.165, 1.54) is 7.11 Å². The molecule has 0 fully saturated rings. The molecule has 0 spiro atoms. The maximum absolute atomic E-state index is 11.1. The number of hydrogen-bond acceptors (Lipinski definition) is 4. The zero-order chi connectivity index (χ0) is 11.3. The van der Waals surface area contributed by atoms with Crippen LogP contribution in [-0.2, 0) is 9.53 Å². The normalized spacial score (nSPS) is 11.2. The molecule has 0 aliphatic heterocycles. The Morgan fingerprint density at radius 3 is 2.56 bits per heavy atom. The summed E-state index contributed by atoms with van der Waals surface area (Å²) in [5.41, 5.74) is 6.68. The van der Waals surface area contributed by atoms with Crippen LogP contribution in [0.4, 0.5) is 0 Å². The number of carbonyl (C=O) groups is 1. The van der Waals surface area contributed by atoms with Gasteiger partial charge in [0.15, 0.2) is 0 Å². The molecule has 0 saturated heterocycles. The molecule has 90 valence electrons. The Balaban J connectivity index is 0.00000225. The molecule has 0 amide bonds. The molecule has 5 heteroatoms. The quantitative estimate of drug-likeness (QED) is 0.820. The number of halogens is 1. The predicted octanol–water partition coefficient (Wildman–Crippen LogP) is 1.68. The number of ether oxygens (including phenoxy) is 2. The van der Waals surface area contributed by atoms with Gasteiger partial charge in [-0.1, -0.05) is 18.2 Å². The lowest BCUT2D eigenvalue weighted by molar-refractivity contribution is -0.141. The third-order valence-electron chi connectivity index (χ3n) is 2.15. The molecule has 0 aliphatic rings. The van der Waals surface area contributed by atoms with Crippen molar-refractivity contribution in [3.05, 3.63) is 29.8 Å². The zero-order valence-corrected chi connectivity index (χ0v) is 10.1. The van der Waals surface area contributed by atoms with Gasteiger partial charge in [0.2, 0.25) is 0 Å². The Hall–Kier alpha value is -1.26. The second-order valence-electron chi connectivity index (χ2n) is 3.13. The summed E-state index contributed by atoms with van der Waals surface area (Å²) in [4.78, 5) is 11.1. The minimum Gasteiger partial charge on any atom is -0.496 e. The Bertz CT molecular complexity index is 344. The van der Waals surface area contributed by atoms with Gasteiger partial charge >= 0.3 is 5.97 Å². The van der Waals surface area contributed by atoms with Crippen molar-refractivity contribution >= 4 is 18.4 Å². The van der Waals surface area contributed by atoms with Gasteiger partial charge in [0.25, 0.3) is 0 Å². The molecule has 0 aliphatic carbocycles. The highest BCUT2D eigenvalue weighted by Crippen LogP contribution is 2.25. The summed E-state index contributed by atoms with van der Waals surface area (Å²) >= 11 is 0. The molecule has 0 heterocycles. The van der Waals surface area contributed by atoms with Gasteiger partial charge in [0.1, 0.15) is 5.75 Å². The average molecular weight is 246 g/mol. The summed E-state index contributed by atoms with van der Waals surface area (Å²) in [6, 6.07) is 6.97. The van der Waals surface area contributed by atoms with E-state index in [4.69, 9.17) is 10.5 Å². The van der Waals surface area contributed by atoms with E-state index >= 15 is 0 Å². The Morgan fingerprint density at radius 2 is 2.00 bits per heavy atom. The third-order valence-corrected chi connectivity index (χ3v) is 2.15. The van der Waals surface area contributed by atoms with Crippen LogP contribution in [0.25, 0.3) is 0 Å². The van der Waals surface area contributed by atoms with Crippen molar-refractivity contribution in [2.45, 2.75) is 12.5 Å². The predicted molar refractivity (Wildman–Crippen MR) is 63.8 cm³/mol. The Labute approximate surface area is 101 Å². The van der Waals surface area contributed by atoms with Crippen molar-refractivity contribution in [2.24, 2.45) is 5.73 Å². The third kappa shape index (κ3) is 3.72. The lowest BCUT2D eigenvalue weighted by Crippen LogP contribution is -2.17.